The maximum atomic E-state index is 3.97. The van der Waals surface area contributed by atoms with E-state index in [-0.39, 0.29) is 0 Å². The summed E-state index contributed by atoms with van der Waals surface area (Å²) < 4.78 is 0. The first-order valence-corrected chi connectivity index (χ1v) is 5.58. The van der Waals surface area contributed by atoms with E-state index in [9.17, 15) is 0 Å². The predicted octanol–water partition coefficient (Wildman–Crippen LogP) is 3.51. The van der Waals surface area contributed by atoms with Gasteiger partial charge in [0.25, 0.3) is 0 Å². The summed E-state index contributed by atoms with van der Waals surface area (Å²) in [5, 5.41) is 3.57. The molecule has 0 bridgehead atoms. The molecule has 1 atom stereocenters. The lowest BCUT2D eigenvalue weighted by Crippen LogP contribution is -2.29. The van der Waals surface area contributed by atoms with Crippen molar-refractivity contribution in [3.63, 3.8) is 0 Å². The van der Waals surface area contributed by atoms with Gasteiger partial charge in [0.1, 0.15) is 0 Å². The summed E-state index contributed by atoms with van der Waals surface area (Å²) in [5.41, 5.74) is 1.30. The van der Waals surface area contributed by atoms with Crippen LogP contribution in [0.15, 0.2) is 12.2 Å². The van der Waals surface area contributed by atoms with Crippen LogP contribution in [0.2, 0.25) is 0 Å². The van der Waals surface area contributed by atoms with Crippen molar-refractivity contribution in [3.8, 4) is 0 Å². The molecule has 0 amide bonds. The Kier molecular flexibility index (Phi) is 8.11. The molecular formula is C12H25N. The van der Waals surface area contributed by atoms with Gasteiger partial charge in [-0.2, -0.15) is 0 Å². The Balaban J connectivity index is 3.66. The average molecular weight is 183 g/mol. The summed E-state index contributed by atoms with van der Waals surface area (Å²) >= 11 is 0. The molecule has 1 heteroatoms. The number of nitrogens with one attached hydrogen (secondary N) is 1. The monoisotopic (exact) mass is 183 g/mol. The van der Waals surface area contributed by atoms with Crippen molar-refractivity contribution < 1.29 is 0 Å². The van der Waals surface area contributed by atoms with Crippen LogP contribution in [-0.2, 0) is 0 Å². The topological polar surface area (TPSA) is 12.0 Å². The molecule has 0 aromatic heterocycles. The molecule has 0 aromatic carbocycles. The van der Waals surface area contributed by atoms with Crippen molar-refractivity contribution in [2.45, 2.75) is 58.9 Å². The molecule has 0 spiro atoms. The van der Waals surface area contributed by atoms with Gasteiger partial charge in [0.2, 0.25) is 0 Å². The smallest absolute Gasteiger partial charge is 0.0104 e. The van der Waals surface area contributed by atoms with Crippen LogP contribution in [0.4, 0.5) is 0 Å². The molecule has 0 radical (unpaired) electrons. The van der Waals surface area contributed by atoms with Crippen LogP contribution in [-0.4, -0.2) is 12.6 Å². The number of unbranched alkanes of at least 4 members (excludes halogenated alkanes) is 1. The zero-order valence-electron chi connectivity index (χ0n) is 9.53. The third-order valence-corrected chi connectivity index (χ3v) is 2.18. The maximum Gasteiger partial charge on any atom is 0.0104 e. The summed E-state index contributed by atoms with van der Waals surface area (Å²) in [4.78, 5) is 0. The summed E-state index contributed by atoms with van der Waals surface area (Å²) in [6, 6.07) is 0.664. The normalized spacial score (nSPS) is 12.8. The van der Waals surface area contributed by atoms with Crippen molar-refractivity contribution in [3.05, 3.63) is 12.2 Å². The molecule has 13 heavy (non-hydrogen) atoms. The minimum atomic E-state index is 0.664. The average Bonchev–Trinajstić information content (AvgIpc) is 2.09. The van der Waals surface area contributed by atoms with Crippen LogP contribution in [0.3, 0.4) is 0 Å². The highest BCUT2D eigenvalue weighted by Gasteiger charge is 2.06. The molecule has 0 aromatic rings. The standard InChI is InChI=1S/C12H25N/c1-5-7-8-12(10-11(3)4)13-9-6-2/h12-13H,3,5-10H2,1-2,4H3. The van der Waals surface area contributed by atoms with E-state index >= 15 is 0 Å². The van der Waals surface area contributed by atoms with Crippen LogP contribution in [0, 0.1) is 0 Å². The molecule has 0 saturated carbocycles. The quantitative estimate of drug-likeness (QED) is 0.568. The zero-order valence-corrected chi connectivity index (χ0v) is 9.53. The van der Waals surface area contributed by atoms with E-state index in [0.29, 0.717) is 6.04 Å². The Morgan fingerprint density at radius 1 is 1.31 bits per heavy atom. The predicted molar refractivity (Wildman–Crippen MR) is 61.0 cm³/mol. The molecule has 1 nitrogen and oxygen atoms in total. The summed E-state index contributed by atoms with van der Waals surface area (Å²) in [7, 11) is 0. The molecule has 0 saturated heterocycles. The Bertz CT molecular complexity index is 121. The van der Waals surface area contributed by atoms with Crippen molar-refractivity contribution in [1.29, 1.82) is 0 Å². The number of hydrogen-bond acceptors (Lipinski definition) is 1. The van der Waals surface area contributed by atoms with Gasteiger partial charge in [0, 0.05) is 6.04 Å². The van der Waals surface area contributed by atoms with Crippen molar-refractivity contribution in [2.75, 3.05) is 6.54 Å². The van der Waals surface area contributed by atoms with Crippen LogP contribution < -0.4 is 5.32 Å². The largest absolute Gasteiger partial charge is 0.314 e. The highest BCUT2D eigenvalue weighted by atomic mass is 14.9. The van der Waals surface area contributed by atoms with Crippen LogP contribution >= 0.6 is 0 Å². The van der Waals surface area contributed by atoms with E-state index in [1.54, 1.807) is 0 Å². The molecule has 0 aliphatic heterocycles. The van der Waals surface area contributed by atoms with Gasteiger partial charge in [0.05, 0.1) is 0 Å². The van der Waals surface area contributed by atoms with E-state index in [4.69, 9.17) is 0 Å². The third-order valence-electron chi connectivity index (χ3n) is 2.18. The van der Waals surface area contributed by atoms with Crippen molar-refractivity contribution in [2.24, 2.45) is 0 Å². The fourth-order valence-corrected chi connectivity index (χ4v) is 1.50. The zero-order chi connectivity index (χ0) is 10.1. The van der Waals surface area contributed by atoms with Gasteiger partial charge in [-0.05, 0) is 32.7 Å². The van der Waals surface area contributed by atoms with E-state index in [2.05, 4.69) is 32.7 Å². The van der Waals surface area contributed by atoms with E-state index in [0.717, 1.165) is 13.0 Å². The van der Waals surface area contributed by atoms with Crippen LogP contribution in [0.1, 0.15) is 52.9 Å². The second kappa shape index (κ2) is 8.31. The lowest BCUT2D eigenvalue weighted by atomic mass is 10.0. The lowest BCUT2D eigenvalue weighted by molar-refractivity contribution is 0.461. The molecule has 0 aliphatic carbocycles. The van der Waals surface area contributed by atoms with Gasteiger partial charge in [-0.3, -0.25) is 0 Å². The molecule has 78 valence electrons. The first kappa shape index (κ1) is 12.7. The molecular weight excluding hydrogens is 158 g/mol. The van der Waals surface area contributed by atoms with Gasteiger partial charge in [-0.25, -0.2) is 0 Å². The molecule has 1 N–H and O–H groups in total. The minimum absolute atomic E-state index is 0.664. The van der Waals surface area contributed by atoms with Gasteiger partial charge in [0.15, 0.2) is 0 Å². The summed E-state index contributed by atoms with van der Waals surface area (Å²) in [6.45, 7) is 11.7. The highest BCUT2D eigenvalue weighted by Crippen LogP contribution is 2.09. The Morgan fingerprint density at radius 3 is 2.46 bits per heavy atom. The number of hydrogen-bond donors (Lipinski definition) is 1. The van der Waals surface area contributed by atoms with Gasteiger partial charge in [-0.15, -0.1) is 6.58 Å². The van der Waals surface area contributed by atoms with Gasteiger partial charge in [-0.1, -0.05) is 32.3 Å². The molecule has 0 heterocycles. The fraction of sp³-hybridized carbons (Fsp3) is 0.833. The van der Waals surface area contributed by atoms with E-state index in [1.165, 1.54) is 31.3 Å². The first-order valence-electron chi connectivity index (χ1n) is 5.58. The first-order chi connectivity index (χ1) is 6.20. The van der Waals surface area contributed by atoms with Crippen molar-refractivity contribution >= 4 is 0 Å². The van der Waals surface area contributed by atoms with E-state index < -0.39 is 0 Å². The summed E-state index contributed by atoms with van der Waals surface area (Å²) in [5.74, 6) is 0. The molecule has 0 rings (SSSR count). The molecule has 1 unspecified atom stereocenters. The summed E-state index contributed by atoms with van der Waals surface area (Å²) in [6.07, 6.45) is 6.28. The third kappa shape index (κ3) is 8.04. The van der Waals surface area contributed by atoms with Crippen LogP contribution in [0.25, 0.3) is 0 Å². The van der Waals surface area contributed by atoms with E-state index in [1.807, 2.05) is 0 Å². The molecule has 0 aliphatic rings. The van der Waals surface area contributed by atoms with Gasteiger partial charge >= 0.3 is 0 Å². The van der Waals surface area contributed by atoms with Crippen LogP contribution in [0.5, 0.6) is 0 Å². The maximum absolute atomic E-state index is 3.97. The minimum Gasteiger partial charge on any atom is -0.314 e. The number of rotatable bonds is 8. The molecule has 0 fully saturated rings. The second-order valence-corrected chi connectivity index (χ2v) is 3.95. The van der Waals surface area contributed by atoms with Crippen molar-refractivity contribution in [1.82, 2.24) is 5.32 Å². The lowest BCUT2D eigenvalue weighted by Gasteiger charge is -2.18. The Hall–Kier alpha value is -0.300. The SMILES string of the molecule is C=C(C)CC(CCCC)NCCC. The second-order valence-electron chi connectivity index (χ2n) is 3.95. The Labute approximate surface area is 83.6 Å². The highest BCUT2D eigenvalue weighted by molar-refractivity contribution is 4.92. The van der Waals surface area contributed by atoms with Gasteiger partial charge < -0.3 is 5.32 Å². The Morgan fingerprint density at radius 2 is 2.00 bits per heavy atom. The fourth-order valence-electron chi connectivity index (χ4n) is 1.50.